The predicted molar refractivity (Wildman–Crippen MR) is 115 cm³/mol. The highest BCUT2D eigenvalue weighted by molar-refractivity contribution is 6.26. The lowest BCUT2D eigenvalue weighted by atomic mass is 9.94. The van der Waals surface area contributed by atoms with Gasteiger partial charge < -0.3 is 19.2 Å². The van der Waals surface area contributed by atoms with Crippen molar-refractivity contribution in [1.82, 2.24) is 5.32 Å². The number of anilines is 1. The number of carbonyl (C=O) groups is 3. The summed E-state index contributed by atoms with van der Waals surface area (Å²) in [4.78, 5) is 40.3. The van der Waals surface area contributed by atoms with Crippen molar-refractivity contribution in [2.75, 3.05) is 25.7 Å². The van der Waals surface area contributed by atoms with Crippen LogP contribution in [-0.4, -0.2) is 48.9 Å². The van der Waals surface area contributed by atoms with Gasteiger partial charge in [0.15, 0.2) is 6.54 Å². The van der Waals surface area contributed by atoms with Crippen molar-refractivity contribution in [3.05, 3.63) is 66.7 Å². The number of allylic oxidation sites excluding steroid dienone is 3. The molecule has 0 saturated heterocycles. The van der Waals surface area contributed by atoms with E-state index in [4.69, 9.17) is 13.9 Å². The van der Waals surface area contributed by atoms with Crippen LogP contribution in [0.2, 0.25) is 0 Å². The molecule has 1 aromatic carbocycles. The highest BCUT2D eigenvalue weighted by Gasteiger charge is 2.48. The van der Waals surface area contributed by atoms with Crippen LogP contribution in [0.5, 0.6) is 11.5 Å². The van der Waals surface area contributed by atoms with Crippen molar-refractivity contribution in [3.63, 3.8) is 0 Å². The lowest BCUT2D eigenvalue weighted by Gasteiger charge is -2.26. The Morgan fingerprint density at radius 1 is 1.16 bits per heavy atom. The molecule has 9 nitrogen and oxygen atoms in total. The molecule has 0 spiro atoms. The molecular weight excluding hydrogens is 414 g/mol. The smallest absolute Gasteiger partial charge is 0.496 e. The minimum absolute atomic E-state index is 0.193. The maximum absolute atomic E-state index is 13.4. The second-order valence-corrected chi connectivity index (χ2v) is 7.12. The fourth-order valence-electron chi connectivity index (χ4n) is 3.58. The van der Waals surface area contributed by atoms with Crippen molar-refractivity contribution in [2.45, 2.75) is 6.54 Å². The fourth-order valence-corrected chi connectivity index (χ4v) is 3.58. The van der Waals surface area contributed by atoms with E-state index < -0.39 is 17.9 Å². The van der Waals surface area contributed by atoms with E-state index in [2.05, 4.69) is 5.32 Å². The summed E-state index contributed by atoms with van der Waals surface area (Å²) in [5, 5.41) is 2.73. The normalized spacial score (nSPS) is 17.4. The number of imide groups is 1. The second kappa shape index (κ2) is 8.93. The Labute approximate surface area is 184 Å². The Morgan fingerprint density at radius 2 is 1.91 bits per heavy atom. The third-order valence-electron chi connectivity index (χ3n) is 5.16. The Bertz CT molecular complexity index is 1120. The number of amides is 4. The largest absolute Gasteiger partial charge is 0.506 e. The summed E-state index contributed by atoms with van der Waals surface area (Å²) in [7, 11) is 2.96. The zero-order valence-corrected chi connectivity index (χ0v) is 17.6. The number of ether oxygens (including phenoxy) is 2. The van der Waals surface area contributed by atoms with Gasteiger partial charge in [0.05, 0.1) is 27.0 Å². The molecule has 1 unspecified atom stereocenters. The molecule has 9 heteroatoms. The van der Waals surface area contributed by atoms with E-state index in [0.29, 0.717) is 28.7 Å². The third kappa shape index (κ3) is 4.04. The van der Waals surface area contributed by atoms with Crippen LogP contribution in [0.15, 0.2) is 65.3 Å². The zero-order valence-electron chi connectivity index (χ0n) is 17.6. The van der Waals surface area contributed by atoms with E-state index in [1.54, 1.807) is 54.6 Å². The summed E-state index contributed by atoms with van der Waals surface area (Å²) in [5.41, 5.74) is 0.737. The van der Waals surface area contributed by atoms with Crippen LogP contribution < -0.4 is 19.7 Å². The van der Waals surface area contributed by atoms with Crippen LogP contribution >= 0.6 is 0 Å². The van der Waals surface area contributed by atoms with Gasteiger partial charge in [0.25, 0.3) is 5.91 Å². The van der Waals surface area contributed by atoms with Gasteiger partial charge in [-0.15, -0.1) is 4.90 Å². The van der Waals surface area contributed by atoms with E-state index in [0.717, 1.165) is 4.90 Å². The van der Waals surface area contributed by atoms with Crippen molar-refractivity contribution >= 4 is 29.2 Å². The van der Waals surface area contributed by atoms with Crippen LogP contribution in [0.1, 0.15) is 5.76 Å². The van der Waals surface area contributed by atoms with Gasteiger partial charge >= 0.3 is 11.9 Å². The van der Waals surface area contributed by atoms with Crippen molar-refractivity contribution in [1.29, 1.82) is 0 Å². The monoisotopic (exact) mass is 436 g/mol. The SMILES string of the molecule is COc1cc(OC)cc(N2C(=O)C3C=CC=CC3=[N+](CC(=O)NCc3ccco3)C2=O)c1. The third-order valence-corrected chi connectivity index (χ3v) is 5.16. The molecule has 164 valence electrons. The number of rotatable bonds is 7. The first-order valence-electron chi connectivity index (χ1n) is 9.91. The Balaban J connectivity index is 1.67. The molecule has 0 bridgehead atoms. The van der Waals surface area contributed by atoms with E-state index >= 15 is 0 Å². The first-order valence-corrected chi connectivity index (χ1v) is 9.91. The summed E-state index contributed by atoms with van der Waals surface area (Å²) in [6, 6.07) is 7.61. The van der Waals surface area contributed by atoms with Crippen LogP contribution in [0.4, 0.5) is 10.5 Å². The number of hydrogen-bond donors (Lipinski definition) is 1. The van der Waals surface area contributed by atoms with E-state index in [1.165, 1.54) is 25.1 Å². The molecule has 4 rings (SSSR count). The molecule has 0 saturated carbocycles. The van der Waals surface area contributed by atoms with Gasteiger partial charge in [-0.05, 0) is 18.2 Å². The Morgan fingerprint density at radius 3 is 2.56 bits per heavy atom. The molecule has 1 N–H and O–H groups in total. The standard InChI is InChI=1S/C23H21N3O6/c1-30-17-10-15(11-18(12-17)31-2)26-22(28)19-7-3-4-8-20(19)25(23(26)29)14-21(27)24-13-16-6-5-9-32-16/h3-12,19H,13-14H2,1-2H3/p+1. The number of carbonyl (C=O) groups excluding carboxylic acids is 3. The van der Waals surface area contributed by atoms with E-state index in [9.17, 15) is 14.4 Å². The van der Waals surface area contributed by atoms with Gasteiger partial charge in [-0.1, -0.05) is 18.2 Å². The number of nitrogens with zero attached hydrogens (tertiary/aromatic N) is 2. The van der Waals surface area contributed by atoms with Gasteiger partial charge in [-0.25, -0.2) is 4.79 Å². The molecular formula is C23H22N3O6+. The fraction of sp³-hybridized carbons (Fsp3) is 0.217. The number of furan rings is 1. The molecule has 0 radical (unpaired) electrons. The summed E-state index contributed by atoms with van der Waals surface area (Å²) in [6.45, 7) is -0.0630. The quantitative estimate of drug-likeness (QED) is 0.669. The molecule has 1 aliphatic heterocycles. The summed E-state index contributed by atoms with van der Waals surface area (Å²) in [6.07, 6.45) is 8.35. The van der Waals surface area contributed by atoms with Crippen LogP contribution in [0.25, 0.3) is 0 Å². The number of hydrogen-bond acceptors (Lipinski definition) is 6. The van der Waals surface area contributed by atoms with Gasteiger partial charge in [-0.2, -0.15) is 9.37 Å². The minimum atomic E-state index is -0.701. The highest BCUT2D eigenvalue weighted by atomic mass is 16.5. The highest BCUT2D eigenvalue weighted by Crippen LogP contribution is 2.32. The van der Waals surface area contributed by atoms with Crippen molar-refractivity contribution in [2.24, 2.45) is 5.92 Å². The van der Waals surface area contributed by atoms with E-state index in [-0.39, 0.29) is 19.0 Å². The number of nitrogens with one attached hydrogen (secondary N) is 1. The summed E-state index contributed by atoms with van der Waals surface area (Å²) < 4.78 is 17.1. The first kappa shape index (κ1) is 21.1. The lowest BCUT2D eigenvalue weighted by Crippen LogP contribution is -2.56. The molecule has 1 aromatic heterocycles. The number of urea groups is 1. The van der Waals surface area contributed by atoms with Crippen LogP contribution in [0, 0.1) is 5.92 Å². The maximum atomic E-state index is 13.4. The van der Waals surface area contributed by atoms with Gasteiger partial charge in [0.1, 0.15) is 34.6 Å². The number of methoxy groups -OCH3 is 2. The lowest BCUT2D eigenvalue weighted by molar-refractivity contribution is -0.417. The molecule has 2 aromatic rings. The number of fused-ring (bicyclic) bond motifs is 1. The molecule has 32 heavy (non-hydrogen) atoms. The minimum Gasteiger partial charge on any atom is -0.496 e. The summed E-state index contributed by atoms with van der Waals surface area (Å²) in [5.74, 6) is -0.0647. The predicted octanol–water partition coefficient (Wildman–Crippen LogP) is 2.28. The summed E-state index contributed by atoms with van der Waals surface area (Å²) >= 11 is 0. The van der Waals surface area contributed by atoms with Gasteiger partial charge in [0.2, 0.25) is 0 Å². The molecule has 2 aliphatic rings. The van der Waals surface area contributed by atoms with Gasteiger partial charge in [0, 0.05) is 18.2 Å². The second-order valence-electron chi connectivity index (χ2n) is 7.12. The molecule has 0 fully saturated rings. The first-order chi connectivity index (χ1) is 15.5. The van der Waals surface area contributed by atoms with Crippen molar-refractivity contribution in [3.8, 4) is 11.5 Å². The molecule has 1 atom stereocenters. The average molecular weight is 436 g/mol. The zero-order chi connectivity index (χ0) is 22.7. The topological polar surface area (TPSA) is 101 Å². The molecule has 1 aliphatic carbocycles. The average Bonchev–Trinajstić information content (AvgIpc) is 3.34. The van der Waals surface area contributed by atoms with Crippen LogP contribution in [-0.2, 0) is 16.1 Å². The van der Waals surface area contributed by atoms with Gasteiger partial charge in [-0.3, -0.25) is 4.79 Å². The Kier molecular flexibility index (Phi) is 5.89. The number of benzene rings is 1. The maximum Gasteiger partial charge on any atom is 0.506 e. The molecule has 2 heterocycles. The Hall–Kier alpha value is -4.14. The van der Waals surface area contributed by atoms with Crippen molar-refractivity contribution < 1.29 is 32.9 Å². The van der Waals surface area contributed by atoms with Crippen LogP contribution in [0.3, 0.4) is 0 Å². The van der Waals surface area contributed by atoms with E-state index in [1.807, 2.05) is 0 Å². The molecule has 4 amide bonds.